The van der Waals surface area contributed by atoms with Gasteiger partial charge in [-0.1, -0.05) is 147 Å². The summed E-state index contributed by atoms with van der Waals surface area (Å²) in [5.41, 5.74) is 11.8. The SMILES string of the molecule is CCCCCCCCCCCCCCCCc1ccc(NNc2ccc(CCCCCCC)cc2)cc1. The first-order chi connectivity index (χ1) is 18.3. The van der Waals surface area contributed by atoms with Gasteiger partial charge in [0.15, 0.2) is 0 Å². The molecule has 0 aliphatic heterocycles. The van der Waals surface area contributed by atoms with E-state index in [4.69, 9.17) is 0 Å². The summed E-state index contributed by atoms with van der Waals surface area (Å²) in [5.74, 6) is 0. The van der Waals surface area contributed by atoms with E-state index in [1.165, 1.54) is 146 Å². The number of anilines is 2. The molecule has 0 amide bonds. The van der Waals surface area contributed by atoms with Crippen LogP contribution in [0.4, 0.5) is 11.4 Å². The topological polar surface area (TPSA) is 24.1 Å². The molecule has 2 N–H and O–H groups in total. The Bertz CT molecular complexity index is 750. The number of benzene rings is 2. The molecule has 0 aliphatic rings. The molecule has 2 rings (SSSR count). The van der Waals surface area contributed by atoms with Gasteiger partial charge in [0.2, 0.25) is 0 Å². The van der Waals surface area contributed by atoms with Crippen molar-refractivity contribution in [2.45, 2.75) is 149 Å². The lowest BCUT2D eigenvalue weighted by atomic mass is 10.0. The molecule has 2 nitrogen and oxygen atoms in total. The standard InChI is InChI=1S/C35H58N2/c1-3-5-7-9-10-11-12-13-14-15-16-17-19-21-23-33-26-30-35(31-27-33)37-36-34-28-24-32(25-29-34)22-20-18-8-6-4-2/h24-31,36-37H,3-23H2,1-2H3. The molecule has 0 spiro atoms. The highest BCUT2D eigenvalue weighted by Gasteiger charge is 1.99. The average molecular weight is 507 g/mol. The van der Waals surface area contributed by atoms with E-state index in [1.54, 1.807) is 0 Å². The van der Waals surface area contributed by atoms with Gasteiger partial charge in [0.1, 0.15) is 0 Å². The van der Waals surface area contributed by atoms with Gasteiger partial charge in [-0.25, -0.2) is 0 Å². The molecular formula is C35H58N2. The summed E-state index contributed by atoms with van der Waals surface area (Å²) in [6, 6.07) is 17.8. The third kappa shape index (κ3) is 16.5. The minimum Gasteiger partial charge on any atom is -0.301 e. The Kier molecular flexibility index (Phi) is 18.6. The van der Waals surface area contributed by atoms with E-state index in [-0.39, 0.29) is 0 Å². The summed E-state index contributed by atoms with van der Waals surface area (Å²) >= 11 is 0. The molecule has 0 fully saturated rings. The molecule has 0 saturated heterocycles. The molecule has 0 unspecified atom stereocenters. The first-order valence-corrected chi connectivity index (χ1v) is 16.0. The predicted octanol–water partition coefficient (Wildman–Crippen LogP) is 11.7. The smallest absolute Gasteiger partial charge is 0.0540 e. The fraction of sp³-hybridized carbons (Fsp3) is 0.657. The van der Waals surface area contributed by atoms with Crippen LogP contribution in [-0.4, -0.2) is 0 Å². The monoisotopic (exact) mass is 506 g/mol. The molecule has 0 heterocycles. The highest BCUT2D eigenvalue weighted by Crippen LogP contribution is 2.17. The number of hydrogen-bond acceptors (Lipinski definition) is 2. The quantitative estimate of drug-likeness (QED) is 0.109. The lowest BCUT2D eigenvalue weighted by molar-refractivity contribution is 0.535. The molecule has 0 aliphatic carbocycles. The van der Waals surface area contributed by atoms with Crippen LogP contribution in [0.5, 0.6) is 0 Å². The maximum Gasteiger partial charge on any atom is 0.0540 e. The number of aryl methyl sites for hydroxylation is 2. The number of nitrogens with one attached hydrogen (secondary N) is 2. The summed E-state index contributed by atoms with van der Waals surface area (Å²) in [4.78, 5) is 0. The van der Waals surface area contributed by atoms with Crippen LogP contribution in [0.25, 0.3) is 0 Å². The van der Waals surface area contributed by atoms with Crippen LogP contribution in [0.15, 0.2) is 48.5 Å². The lowest BCUT2D eigenvalue weighted by Gasteiger charge is -2.11. The molecule has 37 heavy (non-hydrogen) atoms. The predicted molar refractivity (Wildman–Crippen MR) is 167 cm³/mol. The average Bonchev–Trinajstić information content (AvgIpc) is 2.93. The third-order valence-corrected chi connectivity index (χ3v) is 7.65. The molecule has 2 aromatic rings. The fourth-order valence-electron chi connectivity index (χ4n) is 5.11. The zero-order valence-corrected chi connectivity index (χ0v) is 24.5. The Hall–Kier alpha value is -1.96. The van der Waals surface area contributed by atoms with Crippen LogP contribution < -0.4 is 10.9 Å². The second-order valence-electron chi connectivity index (χ2n) is 11.2. The van der Waals surface area contributed by atoms with Crippen LogP contribution in [0, 0.1) is 0 Å². The van der Waals surface area contributed by atoms with E-state index in [9.17, 15) is 0 Å². The van der Waals surface area contributed by atoms with Crippen molar-refractivity contribution >= 4 is 11.4 Å². The van der Waals surface area contributed by atoms with Gasteiger partial charge in [-0.15, -0.1) is 0 Å². The maximum atomic E-state index is 3.34. The molecule has 0 bridgehead atoms. The molecule has 0 radical (unpaired) electrons. The first kappa shape index (κ1) is 31.3. The molecule has 0 saturated carbocycles. The number of hydrazine groups is 1. The van der Waals surface area contributed by atoms with E-state index in [0.29, 0.717) is 0 Å². The molecule has 0 atom stereocenters. The Labute approximate surface area is 230 Å². The minimum absolute atomic E-state index is 1.11. The number of unbranched alkanes of at least 4 members (excludes halogenated alkanes) is 17. The Morgan fingerprint density at radius 3 is 0.919 bits per heavy atom. The van der Waals surface area contributed by atoms with Gasteiger partial charge in [-0.3, -0.25) is 0 Å². The maximum absolute atomic E-state index is 3.34. The van der Waals surface area contributed by atoms with Gasteiger partial charge in [-0.05, 0) is 61.1 Å². The number of rotatable bonds is 24. The van der Waals surface area contributed by atoms with Crippen LogP contribution in [0.3, 0.4) is 0 Å². The second kappa shape index (κ2) is 22.1. The van der Waals surface area contributed by atoms with Crippen molar-refractivity contribution in [1.29, 1.82) is 0 Å². The second-order valence-corrected chi connectivity index (χ2v) is 11.2. The van der Waals surface area contributed by atoms with Crippen LogP contribution >= 0.6 is 0 Å². The van der Waals surface area contributed by atoms with Crippen molar-refractivity contribution in [3.05, 3.63) is 59.7 Å². The van der Waals surface area contributed by atoms with Crippen molar-refractivity contribution in [1.82, 2.24) is 0 Å². The van der Waals surface area contributed by atoms with Gasteiger partial charge in [-0.2, -0.15) is 0 Å². The highest BCUT2D eigenvalue weighted by atomic mass is 15.4. The minimum atomic E-state index is 1.11. The van der Waals surface area contributed by atoms with Crippen molar-refractivity contribution in [2.75, 3.05) is 10.9 Å². The van der Waals surface area contributed by atoms with Crippen molar-refractivity contribution in [2.24, 2.45) is 0 Å². The first-order valence-electron chi connectivity index (χ1n) is 16.0. The summed E-state index contributed by atoms with van der Waals surface area (Å²) in [5, 5.41) is 0. The lowest BCUT2D eigenvalue weighted by Crippen LogP contribution is -2.08. The largest absolute Gasteiger partial charge is 0.301 e. The molecule has 2 aromatic carbocycles. The highest BCUT2D eigenvalue weighted by molar-refractivity contribution is 5.53. The summed E-state index contributed by atoms with van der Waals surface area (Å²) < 4.78 is 0. The van der Waals surface area contributed by atoms with Crippen LogP contribution in [0.1, 0.15) is 147 Å². The van der Waals surface area contributed by atoms with E-state index < -0.39 is 0 Å². The number of hydrogen-bond donors (Lipinski definition) is 2. The Balaban J connectivity index is 1.46. The Morgan fingerprint density at radius 2 is 0.622 bits per heavy atom. The van der Waals surface area contributed by atoms with Gasteiger partial charge >= 0.3 is 0 Å². The van der Waals surface area contributed by atoms with Crippen molar-refractivity contribution in [3.63, 3.8) is 0 Å². The van der Waals surface area contributed by atoms with Gasteiger partial charge in [0, 0.05) is 0 Å². The van der Waals surface area contributed by atoms with Crippen molar-refractivity contribution in [3.8, 4) is 0 Å². The zero-order valence-electron chi connectivity index (χ0n) is 24.5. The van der Waals surface area contributed by atoms with Crippen LogP contribution in [0.2, 0.25) is 0 Å². The molecular weight excluding hydrogens is 448 g/mol. The summed E-state index contributed by atoms with van der Waals surface area (Å²) in [6.07, 6.45) is 29.0. The molecule has 0 aromatic heterocycles. The van der Waals surface area contributed by atoms with E-state index >= 15 is 0 Å². The van der Waals surface area contributed by atoms with Gasteiger partial charge in [0.25, 0.3) is 0 Å². The third-order valence-electron chi connectivity index (χ3n) is 7.65. The zero-order chi connectivity index (χ0) is 26.2. The van der Waals surface area contributed by atoms with Crippen molar-refractivity contribution < 1.29 is 0 Å². The van der Waals surface area contributed by atoms with Gasteiger partial charge in [0.05, 0.1) is 11.4 Å². The van der Waals surface area contributed by atoms with E-state index in [1.807, 2.05) is 0 Å². The fourth-order valence-corrected chi connectivity index (χ4v) is 5.11. The molecule has 208 valence electrons. The summed E-state index contributed by atoms with van der Waals surface area (Å²) in [6.45, 7) is 4.57. The van der Waals surface area contributed by atoms with E-state index in [0.717, 1.165) is 11.4 Å². The van der Waals surface area contributed by atoms with E-state index in [2.05, 4.69) is 73.2 Å². The van der Waals surface area contributed by atoms with Gasteiger partial charge < -0.3 is 10.9 Å². The molecule has 2 heteroatoms. The normalized spacial score (nSPS) is 11.1. The summed E-state index contributed by atoms with van der Waals surface area (Å²) in [7, 11) is 0. The van der Waals surface area contributed by atoms with Crippen LogP contribution in [-0.2, 0) is 12.8 Å². The Morgan fingerprint density at radius 1 is 0.351 bits per heavy atom.